The van der Waals surface area contributed by atoms with Crippen LogP contribution >= 0.6 is 0 Å². The second-order valence-electron chi connectivity index (χ2n) is 5.04. The predicted molar refractivity (Wildman–Crippen MR) is 73.7 cm³/mol. The van der Waals surface area contributed by atoms with Gasteiger partial charge in [0.05, 0.1) is 0 Å². The van der Waals surface area contributed by atoms with Crippen molar-refractivity contribution in [3.05, 3.63) is 23.8 Å². The molecular formula is C16H28. The molecule has 0 amide bonds. The van der Waals surface area contributed by atoms with Crippen molar-refractivity contribution in [3.8, 4) is 0 Å². The number of allylic oxidation sites excluding steroid dienone is 4. The summed E-state index contributed by atoms with van der Waals surface area (Å²) in [5.74, 6) is 0. The molecule has 0 aliphatic heterocycles. The zero-order valence-electron chi connectivity index (χ0n) is 11.0. The summed E-state index contributed by atoms with van der Waals surface area (Å²) >= 11 is 0. The third kappa shape index (κ3) is 6.87. The molecule has 0 radical (unpaired) electrons. The molecule has 0 nitrogen and oxygen atoms in total. The quantitative estimate of drug-likeness (QED) is 0.408. The summed E-state index contributed by atoms with van der Waals surface area (Å²) in [7, 11) is 0. The van der Waals surface area contributed by atoms with E-state index >= 15 is 0 Å². The largest absolute Gasteiger partial charge is 0.0805 e. The Kier molecular flexibility index (Phi) is 8.20. The number of hydrogen-bond donors (Lipinski definition) is 0. The molecule has 0 saturated carbocycles. The number of unbranched alkanes of at least 4 members (excludes halogenated alkanes) is 8. The summed E-state index contributed by atoms with van der Waals surface area (Å²) in [6, 6.07) is 0. The van der Waals surface area contributed by atoms with E-state index in [0.717, 1.165) is 0 Å². The maximum Gasteiger partial charge on any atom is -0.0133 e. The van der Waals surface area contributed by atoms with Crippen LogP contribution in [0.3, 0.4) is 0 Å². The van der Waals surface area contributed by atoms with E-state index in [-0.39, 0.29) is 0 Å². The molecule has 0 heterocycles. The smallest absolute Gasteiger partial charge is 0.0133 e. The first-order chi connectivity index (χ1) is 7.93. The van der Waals surface area contributed by atoms with Gasteiger partial charge in [-0.05, 0) is 19.3 Å². The van der Waals surface area contributed by atoms with Crippen LogP contribution in [0.25, 0.3) is 0 Å². The van der Waals surface area contributed by atoms with Crippen LogP contribution in [0, 0.1) is 0 Å². The molecule has 0 unspecified atom stereocenters. The lowest BCUT2D eigenvalue weighted by molar-refractivity contribution is 0.564. The third-order valence-corrected chi connectivity index (χ3v) is 3.45. The summed E-state index contributed by atoms with van der Waals surface area (Å²) in [6.45, 7) is 2.28. The van der Waals surface area contributed by atoms with Gasteiger partial charge in [0.2, 0.25) is 0 Å². The Balaban J connectivity index is 1.75. The minimum absolute atomic E-state index is 1.22. The fraction of sp³-hybridized carbons (Fsp3) is 0.750. The molecule has 0 atom stereocenters. The Bertz CT molecular complexity index is 210. The summed E-state index contributed by atoms with van der Waals surface area (Å²) in [4.78, 5) is 0. The summed E-state index contributed by atoms with van der Waals surface area (Å²) in [6.07, 6.45) is 22.2. The van der Waals surface area contributed by atoms with Crippen LogP contribution in [0.2, 0.25) is 0 Å². The van der Waals surface area contributed by atoms with Gasteiger partial charge in [-0.15, -0.1) is 0 Å². The lowest BCUT2D eigenvalue weighted by Crippen LogP contribution is -1.83. The van der Waals surface area contributed by atoms with Crippen LogP contribution < -0.4 is 0 Å². The minimum atomic E-state index is 1.22. The zero-order valence-corrected chi connectivity index (χ0v) is 11.0. The lowest BCUT2D eigenvalue weighted by atomic mass is 10.0. The SMILES string of the molecule is CCCCCCCCCCCC1=CC=CC1. The zero-order chi connectivity index (χ0) is 11.5. The average molecular weight is 220 g/mol. The molecule has 1 aliphatic rings. The second kappa shape index (κ2) is 9.69. The number of rotatable bonds is 10. The first kappa shape index (κ1) is 13.5. The highest BCUT2D eigenvalue weighted by Gasteiger charge is 1.98. The first-order valence-electron chi connectivity index (χ1n) is 7.28. The molecule has 0 spiro atoms. The van der Waals surface area contributed by atoms with Crippen molar-refractivity contribution in [2.24, 2.45) is 0 Å². The third-order valence-electron chi connectivity index (χ3n) is 3.45. The van der Waals surface area contributed by atoms with E-state index in [1.54, 1.807) is 5.57 Å². The van der Waals surface area contributed by atoms with E-state index in [1.165, 1.54) is 70.6 Å². The van der Waals surface area contributed by atoms with Crippen molar-refractivity contribution < 1.29 is 0 Å². The van der Waals surface area contributed by atoms with Gasteiger partial charge in [0.25, 0.3) is 0 Å². The summed E-state index contributed by atoms with van der Waals surface area (Å²) in [5, 5.41) is 0. The van der Waals surface area contributed by atoms with Gasteiger partial charge in [-0.1, -0.05) is 82.1 Å². The maximum atomic E-state index is 2.30. The summed E-state index contributed by atoms with van der Waals surface area (Å²) in [5.41, 5.74) is 1.64. The molecule has 92 valence electrons. The van der Waals surface area contributed by atoms with E-state index in [2.05, 4.69) is 25.2 Å². The molecule has 0 bridgehead atoms. The van der Waals surface area contributed by atoms with Crippen LogP contribution in [0.5, 0.6) is 0 Å². The van der Waals surface area contributed by atoms with Crippen molar-refractivity contribution in [1.29, 1.82) is 0 Å². The van der Waals surface area contributed by atoms with Crippen molar-refractivity contribution in [2.45, 2.75) is 77.6 Å². The van der Waals surface area contributed by atoms with Crippen LogP contribution in [-0.4, -0.2) is 0 Å². The Hall–Kier alpha value is -0.520. The van der Waals surface area contributed by atoms with Gasteiger partial charge < -0.3 is 0 Å². The molecule has 0 aromatic rings. The van der Waals surface area contributed by atoms with Crippen LogP contribution in [-0.2, 0) is 0 Å². The highest BCUT2D eigenvalue weighted by atomic mass is 14.0. The molecule has 1 rings (SSSR count). The Labute approximate surface area is 102 Å². The normalized spacial score (nSPS) is 14.4. The minimum Gasteiger partial charge on any atom is -0.0805 e. The van der Waals surface area contributed by atoms with E-state index in [4.69, 9.17) is 0 Å². The molecule has 1 aliphatic carbocycles. The Morgan fingerprint density at radius 2 is 1.50 bits per heavy atom. The Morgan fingerprint density at radius 3 is 2.06 bits per heavy atom. The molecule has 16 heavy (non-hydrogen) atoms. The van der Waals surface area contributed by atoms with Crippen molar-refractivity contribution >= 4 is 0 Å². The standard InChI is InChI=1S/C16H28/c1-2-3-4-5-6-7-8-9-10-13-16-14-11-12-15-16/h11-12,14H,2-10,13,15H2,1H3. The molecule has 0 fully saturated rings. The van der Waals surface area contributed by atoms with Gasteiger partial charge in [0, 0.05) is 0 Å². The predicted octanol–water partition coefficient (Wildman–Crippen LogP) is 5.79. The van der Waals surface area contributed by atoms with Gasteiger partial charge in [0.1, 0.15) is 0 Å². The molecule has 0 saturated heterocycles. The molecule has 0 aromatic carbocycles. The molecular weight excluding hydrogens is 192 g/mol. The highest BCUT2D eigenvalue weighted by Crippen LogP contribution is 2.18. The average Bonchev–Trinajstić information content (AvgIpc) is 2.80. The topological polar surface area (TPSA) is 0 Å². The van der Waals surface area contributed by atoms with Crippen LogP contribution in [0.4, 0.5) is 0 Å². The fourth-order valence-electron chi connectivity index (χ4n) is 2.34. The van der Waals surface area contributed by atoms with E-state index in [9.17, 15) is 0 Å². The molecule has 0 aromatic heterocycles. The van der Waals surface area contributed by atoms with Gasteiger partial charge >= 0.3 is 0 Å². The van der Waals surface area contributed by atoms with Crippen molar-refractivity contribution in [2.75, 3.05) is 0 Å². The second-order valence-corrected chi connectivity index (χ2v) is 5.04. The Morgan fingerprint density at radius 1 is 0.875 bits per heavy atom. The maximum absolute atomic E-state index is 2.30. The van der Waals surface area contributed by atoms with Crippen LogP contribution in [0.15, 0.2) is 23.8 Å². The van der Waals surface area contributed by atoms with Crippen molar-refractivity contribution in [3.63, 3.8) is 0 Å². The van der Waals surface area contributed by atoms with Gasteiger partial charge in [-0.3, -0.25) is 0 Å². The monoisotopic (exact) mass is 220 g/mol. The van der Waals surface area contributed by atoms with Crippen LogP contribution in [0.1, 0.15) is 77.6 Å². The van der Waals surface area contributed by atoms with Gasteiger partial charge in [-0.25, -0.2) is 0 Å². The van der Waals surface area contributed by atoms with Crippen molar-refractivity contribution in [1.82, 2.24) is 0 Å². The lowest BCUT2D eigenvalue weighted by Gasteiger charge is -2.03. The van der Waals surface area contributed by atoms with E-state index < -0.39 is 0 Å². The fourth-order valence-corrected chi connectivity index (χ4v) is 2.34. The molecule has 0 N–H and O–H groups in total. The van der Waals surface area contributed by atoms with Gasteiger partial charge in [0.15, 0.2) is 0 Å². The van der Waals surface area contributed by atoms with E-state index in [1.807, 2.05) is 0 Å². The molecule has 0 heteroatoms. The first-order valence-corrected chi connectivity index (χ1v) is 7.28. The number of hydrogen-bond acceptors (Lipinski definition) is 0. The summed E-state index contributed by atoms with van der Waals surface area (Å²) < 4.78 is 0. The van der Waals surface area contributed by atoms with E-state index in [0.29, 0.717) is 0 Å². The van der Waals surface area contributed by atoms with Gasteiger partial charge in [-0.2, -0.15) is 0 Å². The highest BCUT2D eigenvalue weighted by molar-refractivity contribution is 5.22.